The molecular formula is C27H37NO7. The first kappa shape index (κ1) is 27.0. The number of ether oxygens (including phenoxy) is 3. The van der Waals surface area contributed by atoms with Crippen molar-refractivity contribution in [3.05, 3.63) is 64.2 Å². The number of aliphatic hydroxyl groups excluding tert-OH is 1. The molecule has 2 saturated heterocycles. The Morgan fingerprint density at radius 1 is 1.23 bits per heavy atom. The fourth-order valence-electron chi connectivity index (χ4n) is 5.07. The van der Waals surface area contributed by atoms with Gasteiger partial charge in [-0.3, -0.25) is 10.1 Å². The molecule has 2 fully saturated rings. The van der Waals surface area contributed by atoms with Crippen LogP contribution >= 0.6 is 0 Å². The summed E-state index contributed by atoms with van der Waals surface area (Å²) in [6, 6.07) is 5.29. The summed E-state index contributed by atoms with van der Waals surface area (Å²) in [5.74, 6) is -0.456. The van der Waals surface area contributed by atoms with E-state index in [1.807, 2.05) is 6.92 Å². The molecule has 2 heterocycles. The minimum atomic E-state index is -0.892. The van der Waals surface area contributed by atoms with Crippen LogP contribution in [0, 0.1) is 22.0 Å². The number of carbonyl (C=O) groups excluding carboxylic acids is 1. The number of carbonyl (C=O) groups is 1. The molecule has 1 aromatic carbocycles. The summed E-state index contributed by atoms with van der Waals surface area (Å²) in [5, 5.41) is 21.7. The Morgan fingerprint density at radius 3 is 2.46 bits per heavy atom. The summed E-state index contributed by atoms with van der Waals surface area (Å²) in [7, 11) is 0. The number of nitrogens with zero attached hydrogens (tertiary/aromatic N) is 1. The van der Waals surface area contributed by atoms with Crippen LogP contribution in [0.3, 0.4) is 0 Å². The predicted octanol–water partition coefficient (Wildman–Crippen LogP) is 5.00. The first-order valence-corrected chi connectivity index (χ1v) is 12.3. The molecule has 0 saturated carbocycles. The van der Waals surface area contributed by atoms with Crippen LogP contribution < -0.4 is 0 Å². The van der Waals surface area contributed by atoms with E-state index in [9.17, 15) is 20.0 Å². The molecule has 0 unspecified atom stereocenters. The molecular weight excluding hydrogens is 450 g/mol. The van der Waals surface area contributed by atoms with Gasteiger partial charge in [0.1, 0.15) is 6.10 Å². The lowest BCUT2D eigenvalue weighted by atomic mass is 9.78. The summed E-state index contributed by atoms with van der Waals surface area (Å²) in [6.45, 7) is 15.8. The molecule has 2 aliphatic rings. The highest BCUT2D eigenvalue weighted by molar-refractivity contribution is 5.89. The summed E-state index contributed by atoms with van der Waals surface area (Å²) in [5.41, 5.74) is 1.29. The lowest BCUT2D eigenvalue weighted by Crippen LogP contribution is -2.60. The van der Waals surface area contributed by atoms with Gasteiger partial charge < -0.3 is 19.3 Å². The Balaban J connectivity index is 1.84. The number of aliphatic hydroxyl groups is 1. The van der Waals surface area contributed by atoms with Gasteiger partial charge in [0.25, 0.3) is 5.69 Å². The van der Waals surface area contributed by atoms with Gasteiger partial charge in [0.2, 0.25) is 0 Å². The zero-order chi connectivity index (χ0) is 25.9. The molecule has 1 aromatic rings. The molecule has 35 heavy (non-hydrogen) atoms. The Morgan fingerprint density at radius 2 is 1.89 bits per heavy atom. The number of benzene rings is 1. The highest BCUT2D eigenvalue weighted by Gasteiger charge is 2.50. The molecule has 0 amide bonds. The van der Waals surface area contributed by atoms with E-state index in [2.05, 4.69) is 27.0 Å². The fraction of sp³-hybridized carbons (Fsp3) is 0.593. The van der Waals surface area contributed by atoms with Gasteiger partial charge >= 0.3 is 5.97 Å². The van der Waals surface area contributed by atoms with E-state index in [-0.39, 0.29) is 41.9 Å². The molecule has 0 spiro atoms. The molecule has 8 heteroatoms. The SMILES string of the molecule is C=C(C)C(=C)[C@H](O)C[C@@H]1O[C@H]2C[C@@H](C)[C@@H](CCC)O[C@H]2[C@H](C)[C@H]1OC(=O)c1ccc([N+](=O)[O-])cc1. The van der Waals surface area contributed by atoms with E-state index in [1.54, 1.807) is 6.92 Å². The molecule has 192 valence electrons. The van der Waals surface area contributed by atoms with Crippen molar-refractivity contribution in [2.45, 2.75) is 90.0 Å². The average Bonchev–Trinajstić information content (AvgIpc) is 2.82. The minimum absolute atomic E-state index is 0.107. The Labute approximate surface area is 207 Å². The lowest BCUT2D eigenvalue weighted by molar-refractivity contribution is -0.384. The number of hydrogen-bond acceptors (Lipinski definition) is 7. The van der Waals surface area contributed by atoms with Crippen LogP contribution in [-0.4, -0.2) is 52.6 Å². The fourth-order valence-corrected chi connectivity index (χ4v) is 5.07. The molecule has 2 aliphatic heterocycles. The molecule has 8 nitrogen and oxygen atoms in total. The van der Waals surface area contributed by atoms with Gasteiger partial charge in [-0.15, -0.1) is 0 Å². The van der Waals surface area contributed by atoms with Crippen molar-refractivity contribution < 1.29 is 29.0 Å². The number of hydrogen-bond donors (Lipinski definition) is 1. The predicted molar refractivity (Wildman–Crippen MR) is 132 cm³/mol. The average molecular weight is 488 g/mol. The van der Waals surface area contributed by atoms with Crippen LogP contribution in [-0.2, 0) is 14.2 Å². The molecule has 3 rings (SSSR count). The van der Waals surface area contributed by atoms with Gasteiger partial charge in [-0.05, 0) is 43.4 Å². The smallest absolute Gasteiger partial charge is 0.338 e. The van der Waals surface area contributed by atoms with E-state index < -0.39 is 29.2 Å². The number of nitro groups is 1. The highest BCUT2D eigenvalue weighted by Crippen LogP contribution is 2.41. The van der Waals surface area contributed by atoms with E-state index in [1.165, 1.54) is 24.3 Å². The van der Waals surface area contributed by atoms with E-state index in [4.69, 9.17) is 14.2 Å². The third kappa shape index (κ3) is 6.18. The van der Waals surface area contributed by atoms with E-state index in [0.717, 1.165) is 19.3 Å². The summed E-state index contributed by atoms with van der Waals surface area (Å²) in [4.78, 5) is 23.4. The number of rotatable bonds is 9. The van der Waals surface area contributed by atoms with Gasteiger partial charge in [-0.2, -0.15) is 0 Å². The van der Waals surface area contributed by atoms with Crippen LogP contribution in [0.1, 0.15) is 63.7 Å². The van der Waals surface area contributed by atoms with Crippen molar-refractivity contribution in [3.8, 4) is 0 Å². The Hall–Kier alpha value is -2.55. The lowest BCUT2D eigenvalue weighted by Gasteiger charge is -2.50. The second-order valence-corrected chi connectivity index (χ2v) is 9.94. The van der Waals surface area contributed by atoms with Crippen LogP contribution in [0.15, 0.2) is 48.6 Å². The molecule has 0 aliphatic carbocycles. The quantitative estimate of drug-likeness (QED) is 0.226. The number of nitro benzene ring substituents is 1. The highest BCUT2D eigenvalue weighted by atomic mass is 16.6. The van der Waals surface area contributed by atoms with Crippen molar-refractivity contribution in [1.82, 2.24) is 0 Å². The first-order valence-electron chi connectivity index (χ1n) is 12.3. The third-order valence-corrected chi connectivity index (χ3v) is 7.23. The van der Waals surface area contributed by atoms with Crippen molar-refractivity contribution in [1.29, 1.82) is 0 Å². The Kier molecular flexibility index (Phi) is 8.85. The van der Waals surface area contributed by atoms with Crippen LogP contribution in [0.5, 0.6) is 0 Å². The van der Waals surface area contributed by atoms with Gasteiger partial charge in [0, 0.05) is 24.5 Å². The molecule has 0 bridgehead atoms. The maximum absolute atomic E-state index is 13.0. The van der Waals surface area contributed by atoms with Crippen molar-refractivity contribution in [2.24, 2.45) is 11.8 Å². The minimum Gasteiger partial charge on any atom is -0.456 e. The van der Waals surface area contributed by atoms with E-state index in [0.29, 0.717) is 17.1 Å². The van der Waals surface area contributed by atoms with Crippen LogP contribution in [0.25, 0.3) is 0 Å². The Bertz CT molecular complexity index is 943. The molecule has 8 atom stereocenters. The zero-order valence-electron chi connectivity index (χ0n) is 21.0. The monoisotopic (exact) mass is 487 g/mol. The summed E-state index contributed by atoms with van der Waals surface area (Å²) >= 11 is 0. The number of non-ortho nitro benzene ring substituents is 1. The maximum atomic E-state index is 13.0. The first-order chi connectivity index (χ1) is 16.5. The van der Waals surface area contributed by atoms with Gasteiger partial charge in [-0.1, -0.05) is 45.9 Å². The van der Waals surface area contributed by atoms with Crippen LogP contribution in [0.4, 0.5) is 5.69 Å². The van der Waals surface area contributed by atoms with Crippen molar-refractivity contribution in [3.63, 3.8) is 0 Å². The van der Waals surface area contributed by atoms with Gasteiger partial charge in [-0.25, -0.2) is 4.79 Å². The normalized spacial score (nSPS) is 31.2. The molecule has 1 N–H and O–H groups in total. The standard InChI is InChI=1S/C27H37NO7/c1-7-8-22-16(4)13-23-25(34-22)18(6)26(24(33-23)14-21(29)17(5)15(2)3)35-27(30)19-9-11-20(12-10-19)28(31)32/h9-12,16,18,21-26,29H,2,5,7-8,13-14H2,1,3-4,6H3/t16-,18+,21-,22-,23+,24+,25+,26-/m1/s1. The summed E-state index contributed by atoms with van der Waals surface area (Å²) < 4.78 is 18.8. The maximum Gasteiger partial charge on any atom is 0.338 e. The number of fused-ring (bicyclic) bond motifs is 1. The van der Waals surface area contributed by atoms with Crippen LogP contribution in [0.2, 0.25) is 0 Å². The van der Waals surface area contributed by atoms with Crippen molar-refractivity contribution in [2.75, 3.05) is 0 Å². The summed E-state index contributed by atoms with van der Waals surface area (Å²) in [6.07, 6.45) is 0.553. The second-order valence-electron chi connectivity index (χ2n) is 9.94. The zero-order valence-corrected chi connectivity index (χ0v) is 21.0. The topological polar surface area (TPSA) is 108 Å². The van der Waals surface area contributed by atoms with Gasteiger partial charge in [0.05, 0.1) is 41.0 Å². The van der Waals surface area contributed by atoms with Gasteiger partial charge in [0.15, 0.2) is 0 Å². The second kappa shape index (κ2) is 11.5. The van der Waals surface area contributed by atoms with Crippen molar-refractivity contribution >= 4 is 11.7 Å². The number of esters is 1. The third-order valence-electron chi connectivity index (χ3n) is 7.23. The largest absolute Gasteiger partial charge is 0.456 e. The molecule has 0 aromatic heterocycles. The van der Waals surface area contributed by atoms with E-state index >= 15 is 0 Å². The molecule has 0 radical (unpaired) electrons.